The van der Waals surface area contributed by atoms with Gasteiger partial charge in [-0.1, -0.05) is 22.3 Å². The highest BCUT2D eigenvalue weighted by Crippen LogP contribution is 2.28. The van der Waals surface area contributed by atoms with Gasteiger partial charge in [-0.3, -0.25) is 20.7 Å². The third-order valence-corrected chi connectivity index (χ3v) is 8.03. The van der Waals surface area contributed by atoms with Crippen LogP contribution in [-0.2, 0) is 30.7 Å². The van der Waals surface area contributed by atoms with Crippen LogP contribution in [0, 0.1) is 16.7 Å². The molecule has 16 nitrogen and oxygen atoms in total. The van der Waals surface area contributed by atoms with E-state index in [1.165, 1.54) is 6.33 Å². The van der Waals surface area contributed by atoms with Gasteiger partial charge in [0.25, 0.3) is 0 Å². The Morgan fingerprint density at radius 1 is 0.877 bits per heavy atom. The number of nitriles is 1. The lowest BCUT2D eigenvalue weighted by Gasteiger charge is -2.02. The fraction of sp³-hybridized carbons (Fsp3) is 0.278. The molecule has 0 aliphatic carbocycles. The van der Waals surface area contributed by atoms with Gasteiger partial charge >= 0.3 is 0 Å². The van der Waals surface area contributed by atoms with Gasteiger partial charge in [0.15, 0.2) is 5.82 Å². The van der Waals surface area contributed by atoms with E-state index in [2.05, 4.69) is 89.8 Å². The average Bonchev–Trinajstić information content (AvgIpc) is 3.91. The lowest BCUT2D eigenvalue weighted by molar-refractivity contribution is -0.109. The Kier molecular flexibility index (Phi) is 28.0. The van der Waals surface area contributed by atoms with Crippen molar-refractivity contribution >= 4 is 118 Å². The summed E-state index contributed by atoms with van der Waals surface area (Å²) in [5.41, 5.74) is 6.79. The number of aromatic nitrogens is 9. The Morgan fingerprint density at radius 3 is 1.77 bits per heavy atom. The van der Waals surface area contributed by atoms with Gasteiger partial charge in [-0.25, -0.2) is 25.8 Å². The number of hydrogen-bond donors (Lipinski definition) is 5. The molecule has 312 valence electrons. The molecule has 0 saturated carbocycles. The summed E-state index contributed by atoms with van der Waals surface area (Å²) in [5.74, 6) is 5.35. The zero-order chi connectivity index (χ0) is 38.4. The van der Waals surface area contributed by atoms with Crippen LogP contribution in [-0.4, -0.2) is 74.5 Å². The maximum absolute atomic E-state index is 8.94. The quantitative estimate of drug-likeness (QED) is 0.0283. The fourth-order valence-electron chi connectivity index (χ4n) is 4.72. The predicted octanol–water partition coefficient (Wildman–Crippen LogP) is 8.38. The number of fused-ring (bicyclic) bond motifs is 3. The molecule has 0 atom stereocenters. The summed E-state index contributed by atoms with van der Waals surface area (Å²) in [7, 11) is 5.75. The Bertz CT molecular complexity index is 2310. The third-order valence-electron chi connectivity index (χ3n) is 6.73. The summed E-state index contributed by atoms with van der Waals surface area (Å²) >= 11 is 10.1. The first kappa shape index (κ1) is 56.9. The largest absolute Gasteiger partial charge is 0.478 e. The van der Waals surface area contributed by atoms with Crippen molar-refractivity contribution in [2.45, 2.75) is 36.1 Å². The number of carbonyl (C=O) groups is 1. The number of hydrazine groups is 1. The molecule has 7 aromatic rings. The Morgan fingerprint density at radius 2 is 1.32 bits per heavy atom. The van der Waals surface area contributed by atoms with Crippen molar-refractivity contribution in [3.05, 3.63) is 86.3 Å². The topological polar surface area (TPSA) is 227 Å². The summed E-state index contributed by atoms with van der Waals surface area (Å²) < 4.78 is 13.7. The summed E-state index contributed by atoms with van der Waals surface area (Å²) in [5, 5.41) is 33.8. The number of carbonyl (C=O) groups excluding carboxylic acids is 1. The van der Waals surface area contributed by atoms with Crippen LogP contribution in [0.15, 0.2) is 75.1 Å². The zero-order valence-corrected chi connectivity index (χ0v) is 36.0. The van der Waals surface area contributed by atoms with Crippen LogP contribution < -0.4 is 11.3 Å². The van der Waals surface area contributed by atoms with E-state index in [9.17, 15) is 0 Å². The number of aryl methyl sites for hydroxylation is 3. The molecule has 0 unspecified atom stereocenters. The van der Waals surface area contributed by atoms with Crippen molar-refractivity contribution in [2.75, 3.05) is 13.2 Å². The molecular weight excluding hydrogens is 973 g/mol. The number of aliphatic hydroxyl groups is 1. The highest BCUT2D eigenvalue weighted by Gasteiger charge is 2.14. The van der Waals surface area contributed by atoms with Gasteiger partial charge < -0.3 is 23.5 Å². The molecule has 0 aliphatic heterocycles. The number of ether oxygens (including phenoxy) is 1. The number of nitrogens with zero attached hydrogens (tertiary/aromatic N) is 9. The zero-order valence-electron chi connectivity index (χ0n) is 29.6. The minimum Gasteiger partial charge on any atom is -0.478 e. The lowest BCUT2D eigenvalue weighted by atomic mass is 10.2. The Balaban J connectivity index is -0.000000683. The van der Waals surface area contributed by atoms with Crippen molar-refractivity contribution in [3.8, 4) is 17.5 Å². The van der Waals surface area contributed by atoms with Crippen molar-refractivity contribution in [1.29, 1.82) is 10.7 Å². The van der Waals surface area contributed by atoms with E-state index in [-0.39, 0.29) is 59.6 Å². The number of pyridine rings is 3. The van der Waals surface area contributed by atoms with Gasteiger partial charge in [-0.15, -0.1) is 24.8 Å². The van der Waals surface area contributed by atoms with E-state index in [0.717, 1.165) is 63.5 Å². The SMILES string of the molecule is C.C.C.CCO.CCOC(=N)c1cn(C)c2ncc(Br)cc12.Cl.Cl.Cn1cc(-c2ncn[nH]2)c2cc(Br)cnc21.Cn1cc(C#N)c2cc(Br)cnc21.NNC=O. The standard InChI is InChI=1S/C11H12BrN3O.C10H8BrN5.C9H6BrN3.C2H6O.CH4N2O.3CH4.2ClH/c1-3-16-10(13)9-6-15(2)11-8(9)4-7(12)5-14-11;1-16-4-8(9-13-5-14-15-9)7-2-6(11)3-12-10(7)16;1-13-5-6(3-11)8-2-7(10)4-12-9(8)13;1-2-3;2-3-1-4;;;;;/h4-6,13H,3H2,1-2H3;2-5H,1H3,(H,13,14,15);2,4-5H,1H3;3H,2H2,1H3;1H,2H2,(H,3,4);3*1H4;2*1H. The first-order valence-corrected chi connectivity index (χ1v) is 17.6. The highest BCUT2D eigenvalue weighted by atomic mass is 79.9. The number of aliphatic hydroxyl groups excluding tert-OH is 1. The van der Waals surface area contributed by atoms with E-state index in [0.29, 0.717) is 18.6 Å². The monoisotopic (exact) mass is 1020 g/mol. The number of H-pyrrole nitrogens is 1. The molecule has 6 N–H and O–H groups in total. The van der Waals surface area contributed by atoms with Gasteiger partial charge in [0, 0.05) is 100 Å². The van der Waals surface area contributed by atoms with E-state index in [1.807, 2.05) is 72.4 Å². The normalized spacial score (nSPS) is 9.14. The molecule has 0 radical (unpaired) electrons. The predicted molar refractivity (Wildman–Crippen MR) is 245 cm³/mol. The van der Waals surface area contributed by atoms with Crippen LogP contribution in [0.25, 0.3) is 44.5 Å². The molecule has 1 amide bonds. The Labute approximate surface area is 370 Å². The highest BCUT2D eigenvalue weighted by molar-refractivity contribution is 9.11. The molecule has 57 heavy (non-hydrogen) atoms. The minimum absolute atomic E-state index is 0. The minimum atomic E-state index is 0. The molecule has 7 aromatic heterocycles. The van der Waals surface area contributed by atoms with Crippen LogP contribution in [0.2, 0.25) is 0 Å². The van der Waals surface area contributed by atoms with Gasteiger partial charge in [0.05, 0.1) is 17.7 Å². The maximum atomic E-state index is 8.94. The summed E-state index contributed by atoms with van der Waals surface area (Å²) in [6.07, 6.45) is 12.8. The second kappa shape index (κ2) is 28.1. The summed E-state index contributed by atoms with van der Waals surface area (Å²) in [6, 6.07) is 8.02. The first-order chi connectivity index (χ1) is 24.9. The molecule has 0 fully saturated rings. The van der Waals surface area contributed by atoms with Crippen LogP contribution in [0.3, 0.4) is 0 Å². The van der Waals surface area contributed by atoms with E-state index in [1.54, 1.807) is 37.1 Å². The number of nitrogens with one attached hydrogen (secondary N) is 3. The van der Waals surface area contributed by atoms with Crippen LogP contribution in [0.5, 0.6) is 0 Å². The van der Waals surface area contributed by atoms with Crippen molar-refractivity contribution in [2.24, 2.45) is 27.0 Å². The van der Waals surface area contributed by atoms with Crippen LogP contribution in [0.4, 0.5) is 0 Å². The summed E-state index contributed by atoms with van der Waals surface area (Å²) in [4.78, 5) is 26.0. The number of nitrogens with two attached hydrogens (primary N) is 1. The molecule has 0 spiro atoms. The molecule has 0 aromatic carbocycles. The fourth-order valence-corrected chi connectivity index (χ4v) is 5.72. The molecule has 7 rings (SSSR count). The molecule has 0 bridgehead atoms. The van der Waals surface area contributed by atoms with Gasteiger partial charge in [-0.2, -0.15) is 10.4 Å². The summed E-state index contributed by atoms with van der Waals surface area (Å²) in [6.45, 7) is 4.30. The maximum Gasteiger partial charge on any atom is 0.221 e. The second-order valence-corrected chi connectivity index (χ2v) is 13.1. The van der Waals surface area contributed by atoms with Crippen molar-refractivity contribution in [1.82, 2.24) is 49.3 Å². The van der Waals surface area contributed by atoms with E-state index >= 15 is 0 Å². The third kappa shape index (κ3) is 15.1. The Hall–Kier alpha value is -4.42. The van der Waals surface area contributed by atoms with E-state index in [4.69, 9.17) is 25.3 Å². The van der Waals surface area contributed by atoms with Gasteiger partial charge in [-0.05, 0) is 79.8 Å². The smallest absolute Gasteiger partial charge is 0.221 e. The number of halogens is 5. The molecule has 0 aliphatic rings. The number of amides is 1. The molecular formula is C36H50Br3Cl2N13O3. The average molecular weight is 1020 g/mol. The molecule has 0 saturated heterocycles. The number of aromatic amines is 1. The number of rotatable bonds is 4. The van der Waals surface area contributed by atoms with E-state index < -0.39 is 0 Å². The van der Waals surface area contributed by atoms with Crippen LogP contribution in [0.1, 0.15) is 47.3 Å². The van der Waals surface area contributed by atoms with Crippen molar-refractivity contribution < 1.29 is 14.6 Å². The second-order valence-electron chi connectivity index (χ2n) is 10.3. The van der Waals surface area contributed by atoms with Gasteiger partial charge in [0.1, 0.15) is 29.3 Å². The number of hydrogen-bond acceptors (Lipinski definition) is 11. The first-order valence-electron chi connectivity index (χ1n) is 15.2. The van der Waals surface area contributed by atoms with Crippen LogP contribution >= 0.6 is 72.6 Å². The lowest BCUT2D eigenvalue weighted by Crippen LogP contribution is -2.18. The van der Waals surface area contributed by atoms with Gasteiger partial charge in [0.2, 0.25) is 12.3 Å². The molecule has 7 heterocycles. The molecule has 21 heteroatoms. The van der Waals surface area contributed by atoms with Crippen molar-refractivity contribution in [3.63, 3.8) is 0 Å².